The highest BCUT2D eigenvalue weighted by molar-refractivity contribution is 5.95. The lowest BCUT2D eigenvalue weighted by atomic mass is 9.89. The molecule has 4 rings (SSSR count). The van der Waals surface area contributed by atoms with Gasteiger partial charge < -0.3 is 15.0 Å². The Morgan fingerprint density at radius 3 is 2.41 bits per heavy atom. The van der Waals surface area contributed by atoms with Crippen LogP contribution in [0.1, 0.15) is 28.8 Å². The second-order valence-electron chi connectivity index (χ2n) is 7.23. The van der Waals surface area contributed by atoms with Crippen molar-refractivity contribution in [3.63, 3.8) is 0 Å². The number of amides is 2. The van der Waals surface area contributed by atoms with Gasteiger partial charge in [0.05, 0.1) is 24.7 Å². The summed E-state index contributed by atoms with van der Waals surface area (Å²) in [5.74, 6) is 0.0940. The van der Waals surface area contributed by atoms with Crippen molar-refractivity contribution in [2.24, 2.45) is 0 Å². The Bertz CT molecular complexity index is 794. The van der Waals surface area contributed by atoms with E-state index >= 15 is 0 Å². The van der Waals surface area contributed by atoms with Crippen LogP contribution in [0.4, 0.5) is 0 Å². The Morgan fingerprint density at radius 1 is 1.00 bits per heavy atom. The first kappa shape index (κ1) is 17.7. The van der Waals surface area contributed by atoms with Crippen LogP contribution in [0.15, 0.2) is 60.7 Å². The average molecular weight is 364 g/mol. The number of rotatable bonds is 5. The van der Waals surface area contributed by atoms with E-state index in [1.54, 1.807) is 0 Å². The maximum absolute atomic E-state index is 12.6. The van der Waals surface area contributed by atoms with Crippen molar-refractivity contribution < 1.29 is 14.3 Å². The van der Waals surface area contributed by atoms with Crippen LogP contribution in [0.2, 0.25) is 0 Å². The van der Waals surface area contributed by atoms with Crippen molar-refractivity contribution in [2.75, 3.05) is 13.1 Å². The van der Waals surface area contributed by atoms with Crippen molar-refractivity contribution in [3.05, 3.63) is 71.8 Å². The summed E-state index contributed by atoms with van der Waals surface area (Å²) in [4.78, 5) is 26.6. The molecule has 2 saturated heterocycles. The van der Waals surface area contributed by atoms with E-state index < -0.39 is 0 Å². The normalized spacial score (nSPS) is 23.9. The Hall–Kier alpha value is -2.66. The van der Waals surface area contributed by atoms with Gasteiger partial charge in [-0.05, 0) is 30.5 Å². The van der Waals surface area contributed by atoms with Crippen molar-refractivity contribution in [2.45, 2.75) is 37.5 Å². The fraction of sp³-hybridized carbons (Fsp3) is 0.364. The standard InChI is InChI=1S/C22H24N2O3/c25-21(13-16-7-3-1-4-8-16)23-14-18-11-12-19-20(27-18)15-24(19)22(26)17-9-5-2-6-10-17/h1-10,18-20H,11-15H2,(H,23,25)/t18-,19+,20+/m0/s1. The largest absolute Gasteiger partial charge is 0.369 e. The third kappa shape index (κ3) is 4.03. The summed E-state index contributed by atoms with van der Waals surface area (Å²) >= 11 is 0. The van der Waals surface area contributed by atoms with E-state index in [1.165, 1.54) is 0 Å². The zero-order valence-corrected chi connectivity index (χ0v) is 15.2. The summed E-state index contributed by atoms with van der Waals surface area (Å²) < 4.78 is 6.09. The topological polar surface area (TPSA) is 58.6 Å². The van der Waals surface area contributed by atoms with Crippen LogP contribution in [-0.4, -0.2) is 48.1 Å². The summed E-state index contributed by atoms with van der Waals surface area (Å²) in [7, 11) is 0. The van der Waals surface area contributed by atoms with Gasteiger partial charge in [-0.3, -0.25) is 9.59 Å². The number of hydrogen-bond donors (Lipinski definition) is 1. The van der Waals surface area contributed by atoms with Crippen LogP contribution < -0.4 is 5.32 Å². The average Bonchev–Trinajstić information content (AvgIpc) is 2.69. The van der Waals surface area contributed by atoms with Gasteiger partial charge in [-0.1, -0.05) is 48.5 Å². The number of likely N-dealkylation sites (tertiary alicyclic amines) is 1. The van der Waals surface area contributed by atoms with Gasteiger partial charge in [-0.15, -0.1) is 0 Å². The van der Waals surface area contributed by atoms with Crippen LogP contribution in [0, 0.1) is 0 Å². The van der Waals surface area contributed by atoms with Gasteiger partial charge in [0.15, 0.2) is 0 Å². The molecule has 0 aliphatic carbocycles. The Labute approximate surface area is 159 Å². The maximum Gasteiger partial charge on any atom is 0.254 e. The number of nitrogens with one attached hydrogen (secondary N) is 1. The molecule has 0 unspecified atom stereocenters. The molecule has 2 aromatic rings. The van der Waals surface area contributed by atoms with Gasteiger partial charge in [0.25, 0.3) is 5.91 Å². The highest BCUT2D eigenvalue weighted by atomic mass is 16.5. The van der Waals surface area contributed by atoms with Gasteiger partial charge in [0, 0.05) is 18.7 Å². The molecule has 2 amide bonds. The quantitative estimate of drug-likeness (QED) is 0.886. The van der Waals surface area contributed by atoms with Crippen LogP contribution >= 0.6 is 0 Å². The van der Waals surface area contributed by atoms with E-state index in [4.69, 9.17) is 4.74 Å². The first-order valence-electron chi connectivity index (χ1n) is 9.53. The molecule has 0 bridgehead atoms. The van der Waals surface area contributed by atoms with E-state index in [-0.39, 0.29) is 30.1 Å². The van der Waals surface area contributed by atoms with Gasteiger partial charge in [0.1, 0.15) is 0 Å². The van der Waals surface area contributed by atoms with E-state index in [0.29, 0.717) is 19.5 Å². The first-order valence-corrected chi connectivity index (χ1v) is 9.53. The van der Waals surface area contributed by atoms with Crippen molar-refractivity contribution in [1.82, 2.24) is 10.2 Å². The fourth-order valence-corrected chi connectivity index (χ4v) is 3.86. The monoisotopic (exact) mass is 364 g/mol. The lowest BCUT2D eigenvalue weighted by Gasteiger charge is -2.52. The molecule has 140 valence electrons. The first-order chi connectivity index (χ1) is 13.2. The summed E-state index contributed by atoms with van der Waals surface area (Å²) in [6.45, 7) is 1.16. The minimum atomic E-state index is 0.0152. The second-order valence-corrected chi connectivity index (χ2v) is 7.23. The summed E-state index contributed by atoms with van der Waals surface area (Å²) in [5, 5.41) is 2.98. The molecule has 27 heavy (non-hydrogen) atoms. The number of fused-ring (bicyclic) bond motifs is 1. The number of nitrogens with zero attached hydrogens (tertiary/aromatic N) is 1. The Kier molecular flexibility index (Phi) is 5.21. The highest BCUT2D eigenvalue weighted by Gasteiger charge is 2.46. The number of carbonyl (C=O) groups excluding carboxylic acids is 2. The minimum absolute atomic E-state index is 0.0152. The third-order valence-corrected chi connectivity index (χ3v) is 5.37. The zero-order valence-electron chi connectivity index (χ0n) is 15.2. The molecule has 0 saturated carbocycles. The molecule has 1 N–H and O–H groups in total. The predicted octanol–water partition coefficient (Wildman–Crippen LogP) is 2.42. The van der Waals surface area contributed by atoms with Crippen LogP contribution in [0.25, 0.3) is 0 Å². The van der Waals surface area contributed by atoms with E-state index in [2.05, 4.69) is 5.32 Å². The predicted molar refractivity (Wildman–Crippen MR) is 102 cm³/mol. The van der Waals surface area contributed by atoms with E-state index in [9.17, 15) is 9.59 Å². The Balaban J connectivity index is 1.23. The molecule has 5 heteroatoms. The molecule has 5 nitrogen and oxygen atoms in total. The molecule has 2 fully saturated rings. The molecule has 2 aromatic carbocycles. The summed E-state index contributed by atoms with van der Waals surface area (Å²) in [5.41, 5.74) is 1.74. The minimum Gasteiger partial charge on any atom is -0.369 e. The fourth-order valence-electron chi connectivity index (χ4n) is 3.86. The van der Waals surface area contributed by atoms with Crippen LogP contribution in [0.5, 0.6) is 0 Å². The number of hydrogen-bond acceptors (Lipinski definition) is 3. The van der Waals surface area contributed by atoms with Crippen molar-refractivity contribution in [1.29, 1.82) is 0 Å². The SMILES string of the molecule is O=C(Cc1ccccc1)NC[C@@H]1CC[C@@H]2[C@@H](CN2C(=O)c2ccccc2)O1. The molecule has 3 atom stereocenters. The summed E-state index contributed by atoms with van der Waals surface area (Å²) in [6.07, 6.45) is 2.27. The molecule has 2 heterocycles. The molecule has 2 aliphatic heterocycles. The van der Waals surface area contributed by atoms with Gasteiger partial charge in [-0.2, -0.15) is 0 Å². The Morgan fingerprint density at radius 2 is 1.70 bits per heavy atom. The molecule has 0 spiro atoms. The number of carbonyl (C=O) groups is 2. The van der Waals surface area contributed by atoms with Crippen molar-refractivity contribution in [3.8, 4) is 0 Å². The second kappa shape index (κ2) is 7.92. The lowest BCUT2D eigenvalue weighted by Crippen LogP contribution is -2.66. The van der Waals surface area contributed by atoms with Gasteiger partial charge in [0.2, 0.25) is 5.91 Å². The van der Waals surface area contributed by atoms with Crippen molar-refractivity contribution >= 4 is 11.8 Å². The number of ether oxygens (including phenoxy) is 1. The van der Waals surface area contributed by atoms with Gasteiger partial charge >= 0.3 is 0 Å². The molecule has 0 aromatic heterocycles. The summed E-state index contributed by atoms with van der Waals surface area (Å²) in [6, 6.07) is 19.3. The lowest BCUT2D eigenvalue weighted by molar-refractivity contribution is -0.152. The number of benzene rings is 2. The van der Waals surface area contributed by atoms with E-state index in [1.807, 2.05) is 65.6 Å². The molecular weight excluding hydrogens is 340 g/mol. The third-order valence-electron chi connectivity index (χ3n) is 5.37. The molecule has 0 radical (unpaired) electrons. The van der Waals surface area contributed by atoms with Crippen LogP contribution in [-0.2, 0) is 16.0 Å². The smallest absolute Gasteiger partial charge is 0.254 e. The van der Waals surface area contributed by atoms with Gasteiger partial charge in [-0.25, -0.2) is 0 Å². The van der Waals surface area contributed by atoms with Crippen LogP contribution in [0.3, 0.4) is 0 Å². The highest BCUT2D eigenvalue weighted by Crippen LogP contribution is 2.33. The molecular formula is C22H24N2O3. The zero-order chi connectivity index (χ0) is 18.6. The molecule has 2 aliphatic rings. The maximum atomic E-state index is 12.6. The van der Waals surface area contributed by atoms with E-state index in [0.717, 1.165) is 24.0 Å².